The number of nitrogens with zero attached hydrogens (tertiary/aromatic N) is 2. The first-order valence-corrected chi connectivity index (χ1v) is 5.62. The van der Waals surface area contributed by atoms with Gasteiger partial charge in [-0.3, -0.25) is 0 Å². The Morgan fingerprint density at radius 2 is 1.87 bits per heavy atom. The maximum absolute atomic E-state index is 5.63. The molecule has 1 saturated carbocycles. The van der Waals surface area contributed by atoms with Gasteiger partial charge in [-0.2, -0.15) is 0 Å². The molecule has 2 rings (SSSR count). The van der Waals surface area contributed by atoms with Crippen LogP contribution in [0.2, 0.25) is 0 Å². The van der Waals surface area contributed by atoms with Gasteiger partial charge in [0.25, 0.3) is 0 Å². The first-order valence-electron chi connectivity index (χ1n) is 5.62. The van der Waals surface area contributed by atoms with E-state index in [-0.39, 0.29) is 0 Å². The highest BCUT2D eigenvalue weighted by atomic mass is 15.0. The lowest BCUT2D eigenvalue weighted by atomic mass is 9.86. The van der Waals surface area contributed by atoms with Gasteiger partial charge in [-0.25, -0.2) is 9.97 Å². The molecule has 4 heteroatoms. The van der Waals surface area contributed by atoms with Crippen LogP contribution in [-0.2, 0) is 6.42 Å². The summed E-state index contributed by atoms with van der Waals surface area (Å²) in [5.41, 5.74) is 12.1. The Labute approximate surface area is 90.1 Å². The number of rotatable bonds is 2. The Bertz CT molecular complexity index is 331. The Hall–Kier alpha value is -1.32. The van der Waals surface area contributed by atoms with E-state index >= 15 is 0 Å². The van der Waals surface area contributed by atoms with Gasteiger partial charge in [0.05, 0.1) is 11.9 Å². The van der Waals surface area contributed by atoms with Crippen molar-refractivity contribution in [2.45, 2.75) is 38.5 Å². The van der Waals surface area contributed by atoms with Crippen molar-refractivity contribution in [3.8, 4) is 0 Å². The zero-order chi connectivity index (χ0) is 10.7. The fraction of sp³-hybridized carbons (Fsp3) is 0.636. The standard InChI is InChI=1S/C11H18N4/c12-10-11(13)15-9(7-14-10)6-8-4-2-1-3-5-8/h7-8H,1-6H2,(H2,12,14)(H2,13,15). The zero-order valence-corrected chi connectivity index (χ0v) is 8.95. The highest BCUT2D eigenvalue weighted by Crippen LogP contribution is 2.26. The molecule has 0 bridgehead atoms. The second kappa shape index (κ2) is 4.47. The summed E-state index contributed by atoms with van der Waals surface area (Å²) in [6.07, 6.45) is 9.45. The summed E-state index contributed by atoms with van der Waals surface area (Å²) in [5.74, 6) is 1.46. The summed E-state index contributed by atoms with van der Waals surface area (Å²) in [7, 11) is 0. The smallest absolute Gasteiger partial charge is 0.166 e. The minimum atomic E-state index is 0.336. The molecule has 0 aliphatic heterocycles. The first-order chi connectivity index (χ1) is 7.25. The molecule has 4 N–H and O–H groups in total. The summed E-state index contributed by atoms with van der Waals surface area (Å²) < 4.78 is 0. The van der Waals surface area contributed by atoms with Gasteiger partial charge in [0.1, 0.15) is 0 Å². The van der Waals surface area contributed by atoms with Crippen molar-refractivity contribution in [3.63, 3.8) is 0 Å². The Balaban J connectivity index is 2.00. The summed E-state index contributed by atoms with van der Waals surface area (Å²) in [4.78, 5) is 8.29. The van der Waals surface area contributed by atoms with Crippen molar-refractivity contribution in [2.75, 3.05) is 11.5 Å². The molecular weight excluding hydrogens is 188 g/mol. The highest BCUT2D eigenvalue weighted by Gasteiger charge is 2.15. The van der Waals surface area contributed by atoms with E-state index < -0.39 is 0 Å². The second-order valence-electron chi connectivity index (χ2n) is 4.34. The monoisotopic (exact) mass is 206 g/mol. The molecule has 0 unspecified atom stereocenters. The topological polar surface area (TPSA) is 77.8 Å². The maximum atomic E-state index is 5.63. The first kappa shape index (κ1) is 10.2. The molecule has 15 heavy (non-hydrogen) atoms. The summed E-state index contributed by atoms with van der Waals surface area (Å²) in [6, 6.07) is 0. The lowest BCUT2D eigenvalue weighted by Gasteiger charge is -2.20. The molecule has 1 aliphatic carbocycles. The molecule has 1 aliphatic rings. The van der Waals surface area contributed by atoms with Gasteiger partial charge in [-0.05, 0) is 12.3 Å². The largest absolute Gasteiger partial charge is 0.381 e. The fourth-order valence-electron chi connectivity index (χ4n) is 2.24. The molecule has 0 atom stereocenters. The lowest BCUT2D eigenvalue weighted by molar-refractivity contribution is 0.354. The van der Waals surface area contributed by atoms with Gasteiger partial charge in [0.2, 0.25) is 0 Å². The molecule has 0 saturated heterocycles. The highest BCUT2D eigenvalue weighted by molar-refractivity contribution is 5.51. The molecule has 4 nitrogen and oxygen atoms in total. The van der Waals surface area contributed by atoms with E-state index in [0.29, 0.717) is 11.6 Å². The third-order valence-corrected chi connectivity index (χ3v) is 3.10. The van der Waals surface area contributed by atoms with Crippen LogP contribution in [0.5, 0.6) is 0 Å². The average molecular weight is 206 g/mol. The van der Waals surface area contributed by atoms with Crippen LogP contribution in [0.4, 0.5) is 11.6 Å². The van der Waals surface area contributed by atoms with E-state index in [1.165, 1.54) is 32.1 Å². The number of anilines is 2. The minimum absolute atomic E-state index is 0.336. The lowest BCUT2D eigenvalue weighted by Crippen LogP contribution is -2.12. The Kier molecular flexibility index (Phi) is 3.04. The van der Waals surface area contributed by atoms with Crippen molar-refractivity contribution in [2.24, 2.45) is 5.92 Å². The van der Waals surface area contributed by atoms with Crippen LogP contribution in [0.25, 0.3) is 0 Å². The predicted molar refractivity (Wildman–Crippen MR) is 61.1 cm³/mol. The molecular formula is C11H18N4. The predicted octanol–water partition coefficient (Wildman–Crippen LogP) is 1.76. The van der Waals surface area contributed by atoms with Crippen LogP contribution < -0.4 is 11.5 Å². The summed E-state index contributed by atoms with van der Waals surface area (Å²) in [6.45, 7) is 0. The van der Waals surface area contributed by atoms with E-state index in [1.54, 1.807) is 6.20 Å². The molecule has 0 amide bonds. The van der Waals surface area contributed by atoms with E-state index in [1.807, 2.05) is 0 Å². The summed E-state index contributed by atoms with van der Waals surface area (Å²) >= 11 is 0. The van der Waals surface area contributed by atoms with Crippen LogP contribution in [0.3, 0.4) is 0 Å². The van der Waals surface area contributed by atoms with Gasteiger partial charge < -0.3 is 11.5 Å². The average Bonchev–Trinajstić information content (AvgIpc) is 2.25. The van der Waals surface area contributed by atoms with E-state index in [0.717, 1.165) is 18.0 Å². The van der Waals surface area contributed by atoms with Crippen molar-refractivity contribution >= 4 is 11.6 Å². The SMILES string of the molecule is Nc1ncc(CC2CCCCC2)nc1N. The van der Waals surface area contributed by atoms with Gasteiger partial charge in [-0.1, -0.05) is 32.1 Å². The number of nitrogens with two attached hydrogens (primary N) is 2. The Morgan fingerprint density at radius 1 is 1.13 bits per heavy atom. The fourth-order valence-corrected chi connectivity index (χ4v) is 2.24. The quantitative estimate of drug-likeness (QED) is 0.773. The Morgan fingerprint density at radius 3 is 2.53 bits per heavy atom. The van der Waals surface area contributed by atoms with E-state index in [2.05, 4.69) is 9.97 Å². The zero-order valence-electron chi connectivity index (χ0n) is 8.95. The van der Waals surface area contributed by atoms with Crippen LogP contribution in [-0.4, -0.2) is 9.97 Å². The van der Waals surface area contributed by atoms with Gasteiger partial charge in [0.15, 0.2) is 11.6 Å². The molecule has 0 aromatic carbocycles. The molecule has 1 heterocycles. The minimum Gasteiger partial charge on any atom is -0.381 e. The molecule has 1 aromatic heterocycles. The molecule has 0 radical (unpaired) electrons. The number of hydrogen-bond donors (Lipinski definition) is 2. The van der Waals surface area contributed by atoms with Crippen molar-refractivity contribution in [3.05, 3.63) is 11.9 Å². The van der Waals surface area contributed by atoms with Crippen LogP contribution >= 0.6 is 0 Å². The molecule has 1 fully saturated rings. The van der Waals surface area contributed by atoms with Crippen molar-refractivity contribution in [1.29, 1.82) is 0 Å². The maximum Gasteiger partial charge on any atom is 0.166 e. The van der Waals surface area contributed by atoms with Crippen LogP contribution in [0.15, 0.2) is 6.20 Å². The molecule has 1 aromatic rings. The third-order valence-electron chi connectivity index (χ3n) is 3.10. The van der Waals surface area contributed by atoms with Gasteiger partial charge >= 0.3 is 0 Å². The van der Waals surface area contributed by atoms with Gasteiger partial charge in [-0.15, -0.1) is 0 Å². The van der Waals surface area contributed by atoms with Crippen LogP contribution in [0, 0.1) is 5.92 Å². The second-order valence-corrected chi connectivity index (χ2v) is 4.34. The van der Waals surface area contributed by atoms with Crippen molar-refractivity contribution in [1.82, 2.24) is 9.97 Å². The van der Waals surface area contributed by atoms with Crippen LogP contribution in [0.1, 0.15) is 37.8 Å². The normalized spacial score (nSPS) is 17.9. The molecule has 0 spiro atoms. The number of hydrogen-bond acceptors (Lipinski definition) is 4. The van der Waals surface area contributed by atoms with Crippen molar-refractivity contribution < 1.29 is 0 Å². The third kappa shape index (κ3) is 2.58. The summed E-state index contributed by atoms with van der Waals surface area (Å²) in [5, 5.41) is 0. The number of nitrogen functional groups attached to an aromatic ring is 2. The van der Waals surface area contributed by atoms with Gasteiger partial charge in [0, 0.05) is 0 Å². The van der Waals surface area contributed by atoms with E-state index in [4.69, 9.17) is 11.5 Å². The van der Waals surface area contributed by atoms with E-state index in [9.17, 15) is 0 Å². The molecule has 82 valence electrons. The number of aromatic nitrogens is 2.